The molecule has 0 aliphatic carbocycles. The van der Waals surface area contributed by atoms with Gasteiger partial charge in [0, 0.05) is 11.8 Å². The highest BCUT2D eigenvalue weighted by atomic mass is 16.5. The maximum absolute atomic E-state index is 8.62. The summed E-state index contributed by atoms with van der Waals surface area (Å²) < 4.78 is 4.91. The zero-order chi connectivity index (χ0) is 9.14. The Balaban J connectivity index is 3.34. The molecule has 1 aromatic rings. The standard InChI is InChI=1S/C8H9N3O/c1-12-7-3-6(10)2-5(4-9)8(7)11/h2-3H,10-11H2,1H3. The maximum atomic E-state index is 8.62. The Morgan fingerprint density at radius 2 is 2.08 bits per heavy atom. The third kappa shape index (κ3) is 1.25. The number of methoxy groups -OCH3 is 1. The van der Waals surface area contributed by atoms with Gasteiger partial charge in [-0.15, -0.1) is 0 Å². The van der Waals surface area contributed by atoms with Gasteiger partial charge in [0.2, 0.25) is 0 Å². The van der Waals surface area contributed by atoms with Crippen molar-refractivity contribution in [2.45, 2.75) is 0 Å². The Hall–Kier alpha value is -1.89. The number of anilines is 2. The first-order chi connectivity index (χ1) is 5.69. The van der Waals surface area contributed by atoms with E-state index in [4.69, 9.17) is 21.5 Å². The lowest BCUT2D eigenvalue weighted by Crippen LogP contribution is -1.97. The quantitative estimate of drug-likeness (QED) is 0.597. The van der Waals surface area contributed by atoms with E-state index in [-0.39, 0.29) is 0 Å². The van der Waals surface area contributed by atoms with Gasteiger partial charge in [-0.05, 0) is 6.07 Å². The topological polar surface area (TPSA) is 85.1 Å². The molecule has 4 nitrogen and oxygen atoms in total. The largest absolute Gasteiger partial charge is 0.494 e. The second-order valence-corrected chi connectivity index (χ2v) is 2.30. The summed E-state index contributed by atoms with van der Waals surface area (Å²) in [6, 6.07) is 5.02. The molecule has 0 radical (unpaired) electrons. The van der Waals surface area contributed by atoms with Crippen LogP contribution in [0, 0.1) is 11.3 Å². The van der Waals surface area contributed by atoms with Crippen LogP contribution in [0.15, 0.2) is 12.1 Å². The van der Waals surface area contributed by atoms with E-state index < -0.39 is 0 Å². The zero-order valence-corrected chi connectivity index (χ0v) is 6.66. The summed E-state index contributed by atoms with van der Waals surface area (Å²) >= 11 is 0. The first-order valence-corrected chi connectivity index (χ1v) is 3.32. The second-order valence-electron chi connectivity index (χ2n) is 2.30. The molecule has 0 aliphatic rings. The third-order valence-electron chi connectivity index (χ3n) is 1.50. The van der Waals surface area contributed by atoms with E-state index in [9.17, 15) is 0 Å². The predicted molar refractivity (Wildman–Crippen MR) is 46.5 cm³/mol. The number of hydrogen-bond acceptors (Lipinski definition) is 4. The molecule has 0 unspecified atom stereocenters. The Morgan fingerprint density at radius 1 is 1.42 bits per heavy atom. The van der Waals surface area contributed by atoms with Gasteiger partial charge in [0.15, 0.2) is 0 Å². The minimum absolute atomic E-state index is 0.328. The van der Waals surface area contributed by atoms with E-state index in [1.165, 1.54) is 13.2 Å². The summed E-state index contributed by atoms with van der Waals surface area (Å²) in [5, 5.41) is 8.62. The molecule has 0 bridgehead atoms. The third-order valence-corrected chi connectivity index (χ3v) is 1.50. The minimum atomic E-state index is 0.328. The molecule has 62 valence electrons. The van der Waals surface area contributed by atoms with Crippen molar-refractivity contribution < 1.29 is 4.74 Å². The number of nitrogen functional groups attached to an aromatic ring is 2. The highest BCUT2D eigenvalue weighted by Gasteiger charge is 2.05. The summed E-state index contributed by atoms with van der Waals surface area (Å²) in [5.74, 6) is 0.437. The second kappa shape index (κ2) is 3.01. The van der Waals surface area contributed by atoms with E-state index in [0.717, 1.165) is 0 Å². The van der Waals surface area contributed by atoms with Crippen molar-refractivity contribution in [3.63, 3.8) is 0 Å². The van der Waals surface area contributed by atoms with Gasteiger partial charge >= 0.3 is 0 Å². The zero-order valence-electron chi connectivity index (χ0n) is 6.66. The molecule has 4 heteroatoms. The van der Waals surface area contributed by atoms with Gasteiger partial charge < -0.3 is 16.2 Å². The smallest absolute Gasteiger partial charge is 0.145 e. The fourth-order valence-corrected chi connectivity index (χ4v) is 0.909. The van der Waals surface area contributed by atoms with Crippen LogP contribution in [0.3, 0.4) is 0 Å². The predicted octanol–water partition coefficient (Wildman–Crippen LogP) is 0.731. The van der Waals surface area contributed by atoms with Crippen molar-refractivity contribution in [2.75, 3.05) is 18.6 Å². The van der Waals surface area contributed by atoms with Crippen LogP contribution in [0.5, 0.6) is 5.75 Å². The molecule has 0 saturated carbocycles. The highest BCUT2D eigenvalue weighted by molar-refractivity contribution is 5.68. The van der Waals surface area contributed by atoms with Gasteiger partial charge in [0.1, 0.15) is 11.8 Å². The fourth-order valence-electron chi connectivity index (χ4n) is 0.909. The number of ether oxygens (including phenoxy) is 1. The van der Waals surface area contributed by atoms with E-state index in [0.29, 0.717) is 22.7 Å². The van der Waals surface area contributed by atoms with Gasteiger partial charge in [0.05, 0.1) is 18.4 Å². The lowest BCUT2D eigenvalue weighted by molar-refractivity contribution is 0.417. The first kappa shape index (κ1) is 8.21. The number of nitrogens with zero attached hydrogens (tertiary/aromatic N) is 1. The highest BCUT2D eigenvalue weighted by Crippen LogP contribution is 2.27. The molecule has 1 aromatic carbocycles. The van der Waals surface area contributed by atoms with Crippen LogP contribution < -0.4 is 16.2 Å². The molecule has 0 saturated heterocycles. The van der Waals surface area contributed by atoms with Crippen LogP contribution >= 0.6 is 0 Å². The van der Waals surface area contributed by atoms with E-state index in [1.54, 1.807) is 6.07 Å². The lowest BCUT2D eigenvalue weighted by Gasteiger charge is -2.06. The summed E-state index contributed by atoms with van der Waals surface area (Å²) in [5.41, 5.74) is 12.2. The van der Waals surface area contributed by atoms with Crippen molar-refractivity contribution >= 4 is 11.4 Å². The monoisotopic (exact) mass is 163 g/mol. The van der Waals surface area contributed by atoms with Crippen LogP contribution in [0.2, 0.25) is 0 Å². The molecule has 0 amide bonds. The molecule has 1 rings (SSSR count). The number of nitrogens with two attached hydrogens (primary N) is 2. The maximum Gasteiger partial charge on any atom is 0.145 e. The Morgan fingerprint density at radius 3 is 2.58 bits per heavy atom. The molecule has 0 aliphatic heterocycles. The van der Waals surface area contributed by atoms with Crippen molar-refractivity contribution in [1.29, 1.82) is 5.26 Å². The Labute approximate surface area is 70.3 Å². The normalized spacial score (nSPS) is 9.00. The number of nitriles is 1. The van der Waals surface area contributed by atoms with E-state index in [2.05, 4.69) is 0 Å². The minimum Gasteiger partial charge on any atom is -0.494 e. The molecule has 0 fully saturated rings. The molecule has 4 N–H and O–H groups in total. The van der Waals surface area contributed by atoms with Gasteiger partial charge in [-0.25, -0.2) is 0 Å². The average Bonchev–Trinajstić information content (AvgIpc) is 2.08. The van der Waals surface area contributed by atoms with Crippen molar-refractivity contribution in [3.8, 4) is 11.8 Å². The molecular weight excluding hydrogens is 154 g/mol. The van der Waals surface area contributed by atoms with Crippen molar-refractivity contribution in [3.05, 3.63) is 17.7 Å². The summed E-state index contributed by atoms with van der Waals surface area (Å²) in [6.45, 7) is 0. The van der Waals surface area contributed by atoms with Crippen LogP contribution in [-0.4, -0.2) is 7.11 Å². The summed E-state index contributed by atoms with van der Waals surface area (Å²) in [4.78, 5) is 0. The molecule has 0 heterocycles. The van der Waals surface area contributed by atoms with Gasteiger partial charge in [-0.1, -0.05) is 0 Å². The van der Waals surface area contributed by atoms with Crippen LogP contribution in [0.4, 0.5) is 11.4 Å². The van der Waals surface area contributed by atoms with Gasteiger partial charge in [0.25, 0.3) is 0 Å². The van der Waals surface area contributed by atoms with Crippen molar-refractivity contribution in [1.82, 2.24) is 0 Å². The summed E-state index contributed by atoms with van der Waals surface area (Å²) in [7, 11) is 1.48. The first-order valence-electron chi connectivity index (χ1n) is 3.32. The lowest BCUT2D eigenvalue weighted by atomic mass is 10.1. The number of rotatable bonds is 1. The molecule has 0 atom stereocenters. The average molecular weight is 163 g/mol. The fraction of sp³-hybridized carbons (Fsp3) is 0.125. The molecule has 0 aromatic heterocycles. The van der Waals surface area contributed by atoms with E-state index >= 15 is 0 Å². The Kier molecular flexibility index (Phi) is 2.06. The molecular formula is C8H9N3O. The summed E-state index contributed by atoms with van der Waals surface area (Å²) in [6.07, 6.45) is 0. The van der Waals surface area contributed by atoms with E-state index in [1.807, 2.05) is 6.07 Å². The number of benzene rings is 1. The van der Waals surface area contributed by atoms with Crippen molar-refractivity contribution in [2.24, 2.45) is 0 Å². The molecule has 12 heavy (non-hydrogen) atoms. The Bertz CT molecular complexity index is 341. The van der Waals surface area contributed by atoms with Crippen LogP contribution in [-0.2, 0) is 0 Å². The van der Waals surface area contributed by atoms with Gasteiger partial charge in [-0.2, -0.15) is 5.26 Å². The number of hydrogen-bond donors (Lipinski definition) is 2. The van der Waals surface area contributed by atoms with Crippen LogP contribution in [0.1, 0.15) is 5.56 Å². The van der Waals surface area contributed by atoms with Crippen LogP contribution in [0.25, 0.3) is 0 Å². The molecule has 0 spiro atoms. The van der Waals surface area contributed by atoms with Gasteiger partial charge in [-0.3, -0.25) is 0 Å². The SMILES string of the molecule is COc1cc(N)cc(C#N)c1N.